The number of hydrogen-bond donors (Lipinski definition) is 0. The number of ether oxygens (including phenoxy) is 1. The Morgan fingerprint density at radius 3 is 2.47 bits per heavy atom. The largest absolute Gasteiger partial charge is 0.439 e. The molecule has 0 bridgehead atoms. The smallest absolute Gasteiger partial charge is 0.220 e. The summed E-state index contributed by atoms with van der Waals surface area (Å²) in [5, 5.41) is 4.11. The van der Waals surface area contributed by atoms with Crippen molar-refractivity contribution in [2.24, 2.45) is 7.05 Å². The molecule has 4 heteroatoms. The quantitative estimate of drug-likeness (QED) is 0.834. The third kappa shape index (κ3) is 2.21. The maximum Gasteiger partial charge on any atom is 0.220 e. The van der Waals surface area contributed by atoms with Crippen LogP contribution in [0.15, 0.2) is 34.9 Å². The van der Waals surface area contributed by atoms with Gasteiger partial charge in [0, 0.05) is 17.1 Å². The van der Waals surface area contributed by atoms with Crippen molar-refractivity contribution in [1.29, 1.82) is 0 Å². The first-order valence-electron chi connectivity index (χ1n) is 4.59. The molecule has 0 spiro atoms. The molecule has 0 radical (unpaired) electrons. The average Bonchev–Trinajstić information content (AvgIpc) is 2.53. The summed E-state index contributed by atoms with van der Waals surface area (Å²) in [5.41, 5.74) is 1.03. The molecule has 0 aliphatic rings. The fourth-order valence-electron chi connectivity index (χ4n) is 1.30. The second-order valence-corrected chi connectivity index (χ2v) is 4.23. The van der Waals surface area contributed by atoms with Gasteiger partial charge in [-0.1, -0.05) is 15.9 Å². The number of rotatable bonds is 2. The molecule has 0 saturated carbocycles. The lowest BCUT2D eigenvalue weighted by Crippen LogP contribution is -1.95. The zero-order chi connectivity index (χ0) is 10.8. The summed E-state index contributed by atoms with van der Waals surface area (Å²) in [5.74, 6) is 1.59. The van der Waals surface area contributed by atoms with E-state index >= 15 is 0 Å². The molecule has 0 unspecified atom stereocenters. The van der Waals surface area contributed by atoms with Gasteiger partial charge in [-0.2, -0.15) is 5.10 Å². The standard InChI is InChI=1S/C11H11BrN2O/c1-8-7-13-14(2)11(8)15-10-5-3-9(12)4-6-10/h3-7H,1-2H3. The van der Waals surface area contributed by atoms with E-state index in [2.05, 4.69) is 21.0 Å². The van der Waals surface area contributed by atoms with Crippen LogP contribution in [0.25, 0.3) is 0 Å². The Balaban J connectivity index is 2.25. The molecule has 0 saturated heterocycles. The molecule has 1 heterocycles. The molecule has 78 valence electrons. The van der Waals surface area contributed by atoms with Gasteiger partial charge in [-0.15, -0.1) is 0 Å². The average molecular weight is 267 g/mol. The lowest BCUT2D eigenvalue weighted by atomic mass is 10.3. The van der Waals surface area contributed by atoms with Crippen molar-refractivity contribution in [3.05, 3.63) is 40.5 Å². The number of hydrogen-bond acceptors (Lipinski definition) is 2. The molecule has 0 N–H and O–H groups in total. The van der Waals surface area contributed by atoms with Crippen molar-refractivity contribution in [3.63, 3.8) is 0 Å². The van der Waals surface area contributed by atoms with Gasteiger partial charge in [0.15, 0.2) is 0 Å². The Labute approximate surface area is 96.8 Å². The van der Waals surface area contributed by atoms with E-state index in [0.29, 0.717) is 0 Å². The summed E-state index contributed by atoms with van der Waals surface area (Å²) in [4.78, 5) is 0. The van der Waals surface area contributed by atoms with Crippen LogP contribution in [0.5, 0.6) is 11.6 Å². The van der Waals surface area contributed by atoms with Gasteiger partial charge in [0.25, 0.3) is 0 Å². The predicted octanol–water partition coefficient (Wildman–Crippen LogP) is 3.28. The van der Waals surface area contributed by atoms with E-state index in [9.17, 15) is 0 Å². The number of halogens is 1. The Kier molecular flexibility index (Phi) is 2.77. The van der Waals surface area contributed by atoms with E-state index in [1.807, 2.05) is 38.2 Å². The van der Waals surface area contributed by atoms with Gasteiger partial charge < -0.3 is 4.74 Å². The summed E-state index contributed by atoms with van der Waals surface area (Å²) in [6.45, 7) is 1.97. The van der Waals surface area contributed by atoms with E-state index < -0.39 is 0 Å². The molecule has 1 aromatic heterocycles. The Morgan fingerprint density at radius 1 is 1.27 bits per heavy atom. The van der Waals surface area contributed by atoms with E-state index in [-0.39, 0.29) is 0 Å². The van der Waals surface area contributed by atoms with E-state index in [1.54, 1.807) is 10.9 Å². The third-order valence-corrected chi connectivity index (χ3v) is 2.61. The van der Waals surface area contributed by atoms with Crippen LogP contribution in [0.1, 0.15) is 5.56 Å². The topological polar surface area (TPSA) is 27.1 Å². The zero-order valence-corrected chi connectivity index (χ0v) is 10.2. The molecular formula is C11H11BrN2O. The van der Waals surface area contributed by atoms with Gasteiger partial charge >= 0.3 is 0 Å². The van der Waals surface area contributed by atoms with E-state index in [4.69, 9.17) is 4.74 Å². The first kappa shape index (κ1) is 10.2. The Bertz CT molecular complexity index is 442. The minimum absolute atomic E-state index is 0.775. The minimum atomic E-state index is 0.775. The fourth-order valence-corrected chi connectivity index (χ4v) is 1.56. The van der Waals surface area contributed by atoms with Crippen LogP contribution < -0.4 is 4.74 Å². The number of aromatic nitrogens is 2. The molecule has 2 aromatic rings. The normalized spacial score (nSPS) is 10.3. The Morgan fingerprint density at radius 2 is 1.93 bits per heavy atom. The molecular weight excluding hydrogens is 256 g/mol. The van der Waals surface area contributed by atoms with E-state index in [0.717, 1.165) is 21.7 Å². The molecule has 3 nitrogen and oxygen atoms in total. The van der Waals surface area contributed by atoms with Crippen LogP contribution in [0, 0.1) is 6.92 Å². The summed E-state index contributed by atoms with van der Waals surface area (Å²) < 4.78 is 8.47. The molecule has 15 heavy (non-hydrogen) atoms. The molecule has 1 aromatic carbocycles. The van der Waals surface area contributed by atoms with Crippen LogP contribution in [-0.4, -0.2) is 9.78 Å². The summed E-state index contributed by atoms with van der Waals surface area (Å²) >= 11 is 3.38. The van der Waals surface area contributed by atoms with Crippen LogP contribution in [-0.2, 0) is 7.05 Å². The first-order chi connectivity index (χ1) is 7.16. The minimum Gasteiger partial charge on any atom is -0.439 e. The Hall–Kier alpha value is -1.29. The highest BCUT2D eigenvalue weighted by Gasteiger charge is 2.06. The van der Waals surface area contributed by atoms with Crippen LogP contribution in [0.3, 0.4) is 0 Å². The second kappa shape index (κ2) is 4.06. The van der Waals surface area contributed by atoms with Crippen molar-refractivity contribution in [3.8, 4) is 11.6 Å². The maximum absolute atomic E-state index is 5.71. The van der Waals surface area contributed by atoms with Crippen molar-refractivity contribution in [2.45, 2.75) is 6.92 Å². The van der Waals surface area contributed by atoms with Gasteiger partial charge in [0.1, 0.15) is 5.75 Å². The fraction of sp³-hybridized carbons (Fsp3) is 0.182. The summed E-state index contributed by atoms with van der Waals surface area (Å²) in [6, 6.07) is 7.72. The number of aryl methyl sites for hydroxylation is 2. The lowest BCUT2D eigenvalue weighted by Gasteiger charge is -2.06. The number of nitrogens with zero attached hydrogens (tertiary/aromatic N) is 2. The summed E-state index contributed by atoms with van der Waals surface area (Å²) in [7, 11) is 1.86. The van der Waals surface area contributed by atoms with Crippen LogP contribution in [0.4, 0.5) is 0 Å². The van der Waals surface area contributed by atoms with Crippen molar-refractivity contribution >= 4 is 15.9 Å². The SMILES string of the molecule is Cc1cnn(C)c1Oc1ccc(Br)cc1. The van der Waals surface area contributed by atoms with Crippen LogP contribution >= 0.6 is 15.9 Å². The van der Waals surface area contributed by atoms with Gasteiger partial charge in [0.2, 0.25) is 5.88 Å². The number of benzene rings is 1. The second-order valence-electron chi connectivity index (χ2n) is 3.31. The predicted molar refractivity (Wildman–Crippen MR) is 62.2 cm³/mol. The van der Waals surface area contributed by atoms with Crippen molar-refractivity contribution in [2.75, 3.05) is 0 Å². The molecule has 0 aliphatic heterocycles. The van der Waals surface area contributed by atoms with Gasteiger partial charge in [-0.05, 0) is 31.2 Å². The first-order valence-corrected chi connectivity index (χ1v) is 5.38. The van der Waals surface area contributed by atoms with Gasteiger partial charge in [-0.25, -0.2) is 4.68 Å². The molecule has 0 fully saturated rings. The zero-order valence-electron chi connectivity index (χ0n) is 8.57. The molecule has 0 atom stereocenters. The highest BCUT2D eigenvalue weighted by Crippen LogP contribution is 2.25. The van der Waals surface area contributed by atoms with Crippen LogP contribution in [0.2, 0.25) is 0 Å². The highest BCUT2D eigenvalue weighted by molar-refractivity contribution is 9.10. The highest BCUT2D eigenvalue weighted by atomic mass is 79.9. The monoisotopic (exact) mass is 266 g/mol. The van der Waals surface area contributed by atoms with Gasteiger partial charge in [0.05, 0.1) is 6.20 Å². The van der Waals surface area contributed by atoms with E-state index in [1.165, 1.54) is 0 Å². The van der Waals surface area contributed by atoms with Gasteiger partial charge in [-0.3, -0.25) is 0 Å². The molecule has 2 rings (SSSR count). The van der Waals surface area contributed by atoms with Crippen molar-refractivity contribution < 1.29 is 4.74 Å². The third-order valence-electron chi connectivity index (χ3n) is 2.08. The molecule has 0 aliphatic carbocycles. The lowest BCUT2D eigenvalue weighted by molar-refractivity contribution is 0.428. The maximum atomic E-state index is 5.71. The molecule has 0 amide bonds. The summed E-state index contributed by atoms with van der Waals surface area (Å²) in [6.07, 6.45) is 1.79. The van der Waals surface area contributed by atoms with Crippen molar-refractivity contribution in [1.82, 2.24) is 9.78 Å².